The lowest BCUT2D eigenvalue weighted by atomic mass is 10.1. The highest BCUT2D eigenvalue weighted by Gasteiger charge is 2.20. The van der Waals surface area contributed by atoms with Gasteiger partial charge < -0.3 is 10.0 Å². The minimum Gasteiger partial charge on any atom is -0.478 e. The van der Waals surface area contributed by atoms with Gasteiger partial charge in [-0.2, -0.15) is 0 Å². The topological polar surface area (TPSA) is 86.7 Å². The Bertz CT molecular complexity index is 682. The number of benzene rings is 1. The zero-order valence-electron chi connectivity index (χ0n) is 14.3. The molecule has 0 spiro atoms. The van der Waals surface area contributed by atoms with Crippen molar-refractivity contribution in [1.29, 1.82) is 0 Å². The Balaban J connectivity index is 2.00. The minimum absolute atomic E-state index is 0.0256. The second-order valence-electron chi connectivity index (χ2n) is 6.60. The van der Waals surface area contributed by atoms with Gasteiger partial charge in [0, 0.05) is 13.1 Å². The summed E-state index contributed by atoms with van der Waals surface area (Å²) in [6.45, 7) is 7.06. The lowest BCUT2D eigenvalue weighted by Crippen LogP contribution is -2.38. The molecule has 0 amide bonds. The fraction of sp³-hybridized carbons (Fsp3) is 0.588. The van der Waals surface area contributed by atoms with Gasteiger partial charge in [0.25, 0.3) is 0 Å². The van der Waals surface area contributed by atoms with Crippen LogP contribution in [0, 0.1) is 12.8 Å². The molecule has 1 heterocycles. The van der Waals surface area contributed by atoms with Crippen molar-refractivity contribution in [3.63, 3.8) is 0 Å². The predicted molar refractivity (Wildman–Crippen MR) is 92.8 cm³/mol. The molecule has 0 aliphatic carbocycles. The van der Waals surface area contributed by atoms with Crippen molar-refractivity contribution in [2.75, 3.05) is 26.2 Å². The van der Waals surface area contributed by atoms with E-state index in [2.05, 4.69) is 9.62 Å². The van der Waals surface area contributed by atoms with Gasteiger partial charge in [0.15, 0.2) is 0 Å². The number of hydrogen-bond acceptors (Lipinski definition) is 4. The van der Waals surface area contributed by atoms with Gasteiger partial charge in [-0.05, 0) is 56.5 Å². The van der Waals surface area contributed by atoms with Gasteiger partial charge in [-0.3, -0.25) is 0 Å². The Hall–Kier alpha value is -1.44. The molecule has 1 aromatic rings. The zero-order valence-corrected chi connectivity index (χ0v) is 15.1. The summed E-state index contributed by atoms with van der Waals surface area (Å²) in [5.74, 6) is -0.939. The van der Waals surface area contributed by atoms with Crippen molar-refractivity contribution in [3.05, 3.63) is 29.3 Å². The van der Waals surface area contributed by atoms with Gasteiger partial charge in [-0.1, -0.05) is 19.4 Å². The fourth-order valence-electron chi connectivity index (χ4n) is 3.00. The molecule has 134 valence electrons. The van der Waals surface area contributed by atoms with Crippen molar-refractivity contribution in [2.45, 2.75) is 38.0 Å². The third-order valence-electron chi connectivity index (χ3n) is 4.36. The molecule has 1 aliphatic heterocycles. The van der Waals surface area contributed by atoms with E-state index in [1.54, 1.807) is 6.92 Å². The van der Waals surface area contributed by atoms with Crippen molar-refractivity contribution in [1.82, 2.24) is 9.62 Å². The summed E-state index contributed by atoms with van der Waals surface area (Å²) in [6.07, 6.45) is 3.69. The van der Waals surface area contributed by atoms with E-state index in [1.165, 1.54) is 37.5 Å². The number of aryl methyl sites for hydroxylation is 1. The van der Waals surface area contributed by atoms with Gasteiger partial charge in [0.2, 0.25) is 10.0 Å². The lowest BCUT2D eigenvalue weighted by molar-refractivity contribution is 0.0696. The molecule has 2 rings (SSSR count). The molecule has 0 radical (unpaired) electrons. The highest BCUT2D eigenvalue weighted by atomic mass is 32.2. The van der Waals surface area contributed by atoms with E-state index in [4.69, 9.17) is 5.11 Å². The van der Waals surface area contributed by atoms with Crippen LogP contribution in [0.3, 0.4) is 0 Å². The van der Waals surface area contributed by atoms with Crippen LogP contribution >= 0.6 is 0 Å². The summed E-state index contributed by atoms with van der Waals surface area (Å²) in [5.41, 5.74) is 0.513. The van der Waals surface area contributed by atoms with Gasteiger partial charge >= 0.3 is 5.97 Å². The van der Waals surface area contributed by atoms with Crippen molar-refractivity contribution >= 4 is 16.0 Å². The largest absolute Gasteiger partial charge is 0.478 e. The smallest absolute Gasteiger partial charge is 0.335 e. The molecular formula is C17H26N2O4S. The van der Waals surface area contributed by atoms with E-state index in [1.807, 2.05) is 6.92 Å². The first kappa shape index (κ1) is 18.9. The first-order valence-corrected chi connectivity index (χ1v) is 9.84. The summed E-state index contributed by atoms with van der Waals surface area (Å²) >= 11 is 0. The molecule has 7 heteroatoms. The van der Waals surface area contributed by atoms with Crippen LogP contribution in [0.25, 0.3) is 0 Å². The van der Waals surface area contributed by atoms with Crippen LogP contribution < -0.4 is 4.72 Å². The number of sulfonamides is 1. The first-order valence-electron chi connectivity index (χ1n) is 8.35. The number of hydrogen-bond donors (Lipinski definition) is 2. The molecule has 1 aliphatic rings. The van der Waals surface area contributed by atoms with Gasteiger partial charge in [-0.15, -0.1) is 0 Å². The molecule has 1 fully saturated rings. The monoisotopic (exact) mass is 354 g/mol. The van der Waals surface area contributed by atoms with E-state index in [0.29, 0.717) is 12.1 Å². The van der Waals surface area contributed by atoms with Gasteiger partial charge in [0.1, 0.15) is 0 Å². The number of carbonyl (C=O) groups is 1. The number of nitrogens with one attached hydrogen (secondary N) is 1. The minimum atomic E-state index is -3.71. The van der Waals surface area contributed by atoms with Crippen LogP contribution in [-0.2, 0) is 10.0 Å². The number of rotatable bonds is 7. The predicted octanol–water partition coefficient (Wildman–Crippen LogP) is 2.09. The summed E-state index contributed by atoms with van der Waals surface area (Å²) in [6, 6.07) is 4.15. The Labute approximate surface area is 143 Å². The molecule has 1 unspecified atom stereocenters. The molecule has 1 atom stereocenters. The number of piperidine rings is 1. The number of carboxylic acids is 1. The molecule has 24 heavy (non-hydrogen) atoms. The van der Waals surface area contributed by atoms with Crippen molar-refractivity contribution < 1.29 is 18.3 Å². The molecule has 1 saturated heterocycles. The fourth-order valence-corrected chi connectivity index (χ4v) is 4.43. The maximum Gasteiger partial charge on any atom is 0.335 e. The van der Waals surface area contributed by atoms with Gasteiger partial charge in [0.05, 0.1) is 10.5 Å². The second kappa shape index (κ2) is 8.09. The Kier molecular flexibility index (Phi) is 6.37. The van der Waals surface area contributed by atoms with E-state index in [-0.39, 0.29) is 16.4 Å². The summed E-state index contributed by atoms with van der Waals surface area (Å²) in [4.78, 5) is 13.5. The van der Waals surface area contributed by atoms with Crippen LogP contribution in [0.5, 0.6) is 0 Å². The quantitative estimate of drug-likeness (QED) is 0.783. The molecule has 0 aromatic heterocycles. The normalized spacial score (nSPS) is 17.6. The number of carboxylic acid groups (broad SMARTS) is 1. The van der Waals surface area contributed by atoms with Crippen LogP contribution in [0.15, 0.2) is 23.1 Å². The summed E-state index contributed by atoms with van der Waals surface area (Å²) in [7, 11) is -3.71. The van der Waals surface area contributed by atoms with Crippen LogP contribution in [0.1, 0.15) is 42.1 Å². The van der Waals surface area contributed by atoms with Gasteiger partial charge in [-0.25, -0.2) is 17.9 Å². The Morgan fingerprint density at radius 3 is 2.58 bits per heavy atom. The average molecular weight is 354 g/mol. The number of likely N-dealkylation sites (tertiary alicyclic amines) is 1. The summed E-state index contributed by atoms with van der Waals surface area (Å²) in [5, 5.41) is 9.05. The standard InChI is InChI=1S/C17H26N2O4S/c1-13(12-19-8-4-3-5-9-19)11-18-24(22,23)16-10-15(17(20)21)7-6-14(16)2/h6-7,10,13,18H,3-5,8-9,11-12H2,1-2H3,(H,20,21). The third kappa shape index (κ3) is 5.03. The molecule has 1 aromatic carbocycles. The maximum absolute atomic E-state index is 12.5. The molecule has 2 N–H and O–H groups in total. The Morgan fingerprint density at radius 2 is 1.96 bits per heavy atom. The van der Waals surface area contributed by atoms with Crippen LogP contribution in [0.4, 0.5) is 0 Å². The second-order valence-corrected chi connectivity index (χ2v) is 8.34. The number of aromatic carboxylic acids is 1. The highest BCUT2D eigenvalue weighted by molar-refractivity contribution is 7.89. The Morgan fingerprint density at radius 1 is 1.29 bits per heavy atom. The molecule has 0 bridgehead atoms. The molecule has 6 nitrogen and oxygen atoms in total. The van der Waals surface area contributed by atoms with E-state index >= 15 is 0 Å². The highest BCUT2D eigenvalue weighted by Crippen LogP contribution is 2.18. The van der Waals surface area contributed by atoms with Crippen molar-refractivity contribution in [2.24, 2.45) is 5.92 Å². The zero-order chi connectivity index (χ0) is 17.7. The third-order valence-corrected chi connectivity index (χ3v) is 5.93. The SMILES string of the molecule is Cc1ccc(C(=O)O)cc1S(=O)(=O)NCC(C)CN1CCCCC1. The molecular weight excluding hydrogens is 328 g/mol. The first-order chi connectivity index (χ1) is 11.3. The van der Waals surface area contributed by atoms with E-state index in [9.17, 15) is 13.2 Å². The van der Waals surface area contributed by atoms with E-state index < -0.39 is 16.0 Å². The number of nitrogens with zero attached hydrogens (tertiary/aromatic N) is 1. The lowest BCUT2D eigenvalue weighted by Gasteiger charge is -2.29. The average Bonchev–Trinajstić information content (AvgIpc) is 2.54. The maximum atomic E-state index is 12.5. The molecule has 0 saturated carbocycles. The van der Waals surface area contributed by atoms with Crippen LogP contribution in [-0.4, -0.2) is 50.6 Å². The summed E-state index contributed by atoms with van der Waals surface area (Å²) < 4.78 is 27.6. The van der Waals surface area contributed by atoms with E-state index in [0.717, 1.165) is 19.6 Å². The van der Waals surface area contributed by atoms with Crippen molar-refractivity contribution in [3.8, 4) is 0 Å². The van der Waals surface area contributed by atoms with Crippen LogP contribution in [0.2, 0.25) is 0 Å².